The van der Waals surface area contributed by atoms with Crippen molar-refractivity contribution < 1.29 is 0 Å². The molecule has 0 saturated carbocycles. The first kappa shape index (κ1) is 12.0. The van der Waals surface area contributed by atoms with Gasteiger partial charge in [0.1, 0.15) is 5.02 Å². The van der Waals surface area contributed by atoms with Gasteiger partial charge in [0.15, 0.2) is 0 Å². The van der Waals surface area contributed by atoms with E-state index in [2.05, 4.69) is 11.9 Å². The largest absolute Gasteiger partial charge is 0.328 e. The summed E-state index contributed by atoms with van der Waals surface area (Å²) in [6, 6.07) is 0. The lowest BCUT2D eigenvalue weighted by Gasteiger charge is -2.04. The van der Waals surface area contributed by atoms with Crippen molar-refractivity contribution in [2.45, 2.75) is 39.2 Å². The van der Waals surface area contributed by atoms with Gasteiger partial charge in [0.2, 0.25) is 0 Å². The number of hydrogen-bond donors (Lipinski definition) is 1. The number of H-pyrrole nitrogens is 1. The van der Waals surface area contributed by atoms with Crippen LogP contribution >= 0.6 is 11.6 Å². The molecule has 15 heavy (non-hydrogen) atoms. The molecular weight excluding hydrogens is 216 g/mol. The first-order valence-electron chi connectivity index (χ1n) is 5.14. The normalized spacial score (nSPS) is 10.5. The molecule has 5 heteroatoms. The Labute approximate surface area is 92.9 Å². The molecule has 0 spiro atoms. The van der Waals surface area contributed by atoms with Crippen molar-refractivity contribution in [1.29, 1.82) is 0 Å². The Morgan fingerprint density at radius 3 is 2.73 bits per heavy atom. The highest BCUT2D eigenvalue weighted by Crippen LogP contribution is 2.01. The van der Waals surface area contributed by atoms with Crippen molar-refractivity contribution in [1.82, 2.24) is 9.55 Å². The van der Waals surface area contributed by atoms with Crippen LogP contribution in [-0.4, -0.2) is 9.55 Å². The van der Waals surface area contributed by atoms with Gasteiger partial charge in [-0.2, -0.15) is 0 Å². The Kier molecular flexibility index (Phi) is 4.62. The van der Waals surface area contributed by atoms with Crippen LogP contribution in [0.1, 0.15) is 32.6 Å². The third-order valence-electron chi connectivity index (χ3n) is 2.22. The zero-order valence-electron chi connectivity index (χ0n) is 8.75. The maximum Gasteiger partial charge on any atom is 0.328 e. The molecule has 0 bridgehead atoms. The van der Waals surface area contributed by atoms with Gasteiger partial charge in [-0.1, -0.05) is 37.8 Å². The van der Waals surface area contributed by atoms with E-state index >= 15 is 0 Å². The Bertz CT molecular complexity index is 422. The molecule has 1 N–H and O–H groups in total. The lowest BCUT2D eigenvalue weighted by molar-refractivity contribution is 0.560. The molecule has 0 atom stereocenters. The molecule has 0 aromatic carbocycles. The van der Waals surface area contributed by atoms with Gasteiger partial charge in [-0.3, -0.25) is 14.3 Å². The number of rotatable bonds is 5. The number of aromatic amines is 1. The summed E-state index contributed by atoms with van der Waals surface area (Å²) in [5, 5.41) is 0.0603. The number of hydrogen-bond acceptors (Lipinski definition) is 2. The molecule has 0 saturated heterocycles. The lowest BCUT2D eigenvalue weighted by atomic mass is 10.2. The van der Waals surface area contributed by atoms with E-state index in [1.807, 2.05) is 0 Å². The summed E-state index contributed by atoms with van der Waals surface area (Å²) >= 11 is 5.62. The smallest absolute Gasteiger partial charge is 0.299 e. The molecule has 1 heterocycles. The van der Waals surface area contributed by atoms with Crippen molar-refractivity contribution in [3.63, 3.8) is 0 Å². The number of nitrogens with zero attached hydrogens (tertiary/aromatic N) is 1. The molecule has 0 unspecified atom stereocenters. The number of nitrogens with one attached hydrogen (secondary N) is 1. The second-order valence-corrected chi connectivity index (χ2v) is 3.90. The van der Waals surface area contributed by atoms with Crippen molar-refractivity contribution >= 4 is 11.6 Å². The molecule has 4 nitrogen and oxygen atoms in total. The Hall–Kier alpha value is -1.03. The number of halogens is 1. The van der Waals surface area contributed by atoms with Crippen LogP contribution in [-0.2, 0) is 6.54 Å². The van der Waals surface area contributed by atoms with E-state index in [1.54, 1.807) is 0 Å². The Morgan fingerprint density at radius 2 is 2.07 bits per heavy atom. The second-order valence-electron chi connectivity index (χ2n) is 3.49. The third kappa shape index (κ3) is 3.55. The van der Waals surface area contributed by atoms with Crippen LogP contribution in [0.3, 0.4) is 0 Å². The second kappa shape index (κ2) is 5.75. The maximum absolute atomic E-state index is 11.3. The van der Waals surface area contributed by atoms with E-state index < -0.39 is 5.56 Å². The summed E-state index contributed by atoms with van der Waals surface area (Å²) < 4.78 is 1.44. The Balaban J connectivity index is 2.66. The minimum atomic E-state index is -0.522. The minimum absolute atomic E-state index is 0.0603. The highest BCUT2D eigenvalue weighted by Gasteiger charge is 2.01. The maximum atomic E-state index is 11.3. The zero-order chi connectivity index (χ0) is 11.3. The van der Waals surface area contributed by atoms with Crippen molar-refractivity contribution in [3.8, 4) is 0 Å². The van der Waals surface area contributed by atoms with Crippen LogP contribution in [0.4, 0.5) is 0 Å². The van der Waals surface area contributed by atoms with Gasteiger partial charge in [-0.15, -0.1) is 0 Å². The van der Waals surface area contributed by atoms with E-state index in [9.17, 15) is 9.59 Å². The van der Waals surface area contributed by atoms with Crippen LogP contribution in [0.15, 0.2) is 15.8 Å². The molecule has 0 aliphatic rings. The fourth-order valence-electron chi connectivity index (χ4n) is 1.36. The van der Waals surface area contributed by atoms with Gasteiger partial charge in [-0.05, 0) is 6.42 Å². The van der Waals surface area contributed by atoms with E-state index in [-0.39, 0.29) is 10.7 Å². The molecule has 1 rings (SSSR count). The molecule has 0 amide bonds. The predicted molar refractivity (Wildman–Crippen MR) is 60.5 cm³/mol. The summed E-state index contributed by atoms with van der Waals surface area (Å²) in [4.78, 5) is 24.4. The summed E-state index contributed by atoms with van der Waals surface area (Å²) in [6.45, 7) is 2.73. The fourth-order valence-corrected chi connectivity index (χ4v) is 1.52. The van der Waals surface area contributed by atoms with Crippen molar-refractivity contribution in [3.05, 3.63) is 32.1 Å². The minimum Gasteiger partial charge on any atom is -0.299 e. The van der Waals surface area contributed by atoms with E-state index in [0.717, 1.165) is 25.7 Å². The number of aromatic nitrogens is 2. The molecule has 1 aromatic rings. The standard InChI is InChI=1S/C10H15ClN2O2/c1-2-3-4-5-6-13-7-8(11)9(14)12-10(13)15/h7H,2-6H2,1H3,(H,12,14,15). The lowest BCUT2D eigenvalue weighted by Crippen LogP contribution is -2.29. The molecule has 0 radical (unpaired) electrons. The summed E-state index contributed by atoms with van der Waals surface area (Å²) in [5.41, 5.74) is -0.910. The molecule has 0 fully saturated rings. The third-order valence-corrected chi connectivity index (χ3v) is 2.49. The predicted octanol–water partition coefficient (Wildman–Crippen LogP) is 1.77. The summed E-state index contributed by atoms with van der Waals surface area (Å²) in [6.07, 6.45) is 5.72. The van der Waals surface area contributed by atoms with Gasteiger partial charge < -0.3 is 0 Å². The molecule has 0 aliphatic heterocycles. The fraction of sp³-hybridized carbons (Fsp3) is 0.600. The summed E-state index contributed by atoms with van der Waals surface area (Å²) in [7, 11) is 0. The Morgan fingerprint density at radius 1 is 1.33 bits per heavy atom. The highest BCUT2D eigenvalue weighted by molar-refractivity contribution is 6.30. The van der Waals surface area contributed by atoms with Crippen LogP contribution in [0.2, 0.25) is 5.02 Å². The van der Waals surface area contributed by atoms with E-state index in [0.29, 0.717) is 6.54 Å². The molecular formula is C10H15ClN2O2. The van der Waals surface area contributed by atoms with Gasteiger partial charge in [0, 0.05) is 12.7 Å². The van der Waals surface area contributed by atoms with Crippen molar-refractivity contribution in [2.75, 3.05) is 0 Å². The quantitative estimate of drug-likeness (QED) is 0.784. The molecule has 84 valence electrons. The number of unbranched alkanes of at least 4 members (excludes halogenated alkanes) is 3. The highest BCUT2D eigenvalue weighted by atomic mass is 35.5. The SMILES string of the molecule is CCCCCCn1cc(Cl)c(=O)[nH]c1=O. The molecule has 1 aromatic heterocycles. The monoisotopic (exact) mass is 230 g/mol. The van der Waals surface area contributed by atoms with Crippen LogP contribution in [0, 0.1) is 0 Å². The van der Waals surface area contributed by atoms with E-state index in [1.165, 1.54) is 10.8 Å². The van der Waals surface area contributed by atoms with Gasteiger partial charge in [-0.25, -0.2) is 4.79 Å². The van der Waals surface area contributed by atoms with Crippen molar-refractivity contribution in [2.24, 2.45) is 0 Å². The van der Waals surface area contributed by atoms with Gasteiger partial charge >= 0.3 is 5.69 Å². The average Bonchev–Trinajstić information content (AvgIpc) is 2.20. The topological polar surface area (TPSA) is 54.9 Å². The van der Waals surface area contributed by atoms with E-state index in [4.69, 9.17) is 11.6 Å². The first-order valence-corrected chi connectivity index (χ1v) is 5.52. The molecule has 0 aliphatic carbocycles. The van der Waals surface area contributed by atoms with Crippen LogP contribution in [0.5, 0.6) is 0 Å². The number of aryl methyl sites for hydroxylation is 1. The zero-order valence-corrected chi connectivity index (χ0v) is 9.51. The summed E-state index contributed by atoms with van der Waals surface area (Å²) in [5.74, 6) is 0. The van der Waals surface area contributed by atoms with Crippen LogP contribution < -0.4 is 11.2 Å². The van der Waals surface area contributed by atoms with Gasteiger partial charge in [0.05, 0.1) is 0 Å². The van der Waals surface area contributed by atoms with Gasteiger partial charge in [0.25, 0.3) is 5.56 Å². The average molecular weight is 231 g/mol. The first-order chi connectivity index (χ1) is 7.15. The van der Waals surface area contributed by atoms with Crippen LogP contribution in [0.25, 0.3) is 0 Å².